The van der Waals surface area contributed by atoms with Crippen molar-refractivity contribution < 1.29 is 18.3 Å². The summed E-state index contributed by atoms with van der Waals surface area (Å²) in [6.45, 7) is 2.15. The summed E-state index contributed by atoms with van der Waals surface area (Å²) in [5, 5.41) is 9.12. The average molecular weight is 311 g/mol. The normalized spacial score (nSPS) is 16.5. The third-order valence-corrected chi connectivity index (χ3v) is 5.96. The molecule has 5 nitrogen and oxygen atoms in total. The van der Waals surface area contributed by atoms with E-state index in [9.17, 15) is 13.2 Å². The van der Waals surface area contributed by atoms with E-state index in [2.05, 4.69) is 0 Å². The van der Waals surface area contributed by atoms with Crippen molar-refractivity contribution >= 4 is 16.0 Å². The van der Waals surface area contributed by atoms with Gasteiger partial charge in [-0.1, -0.05) is 18.9 Å². The molecule has 0 aromatic heterocycles. The molecule has 1 aliphatic rings. The number of carbonyl (C=O) groups is 1. The zero-order valence-corrected chi connectivity index (χ0v) is 13.2. The van der Waals surface area contributed by atoms with Gasteiger partial charge >= 0.3 is 5.97 Å². The van der Waals surface area contributed by atoms with E-state index >= 15 is 0 Å². The van der Waals surface area contributed by atoms with E-state index in [1.807, 2.05) is 0 Å². The Bertz CT molecular complexity index is 633. The van der Waals surface area contributed by atoms with Crippen molar-refractivity contribution in [2.75, 3.05) is 13.6 Å². The van der Waals surface area contributed by atoms with Crippen LogP contribution in [0, 0.1) is 12.8 Å². The summed E-state index contributed by atoms with van der Waals surface area (Å²) in [6, 6.07) is 4.26. The minimum atomic E-state index is -3.63. The van der Waals surface area contributed by atoms with Gasteiger partial charge in [-0.25, -0.2) is 17.5 Å². The molecule has 116 valence electrons. The lowest BCUT2D eigenvalue weighted by molar-refractivity contribution is 0.0696. The fraction of sp³-hybridized carbons (Fsp3) is 0.533. The van der Waals surface area contributed by atoms with Gasteiger partial charge in [-0.2, -0.15) is 0 Å². The lowest BCUT2D eigenvalue weighted by Gasteiger charge is -2.21. The number of sulfonamides is 1. The van der Waals surface area contributed by atoms with Crippen molar-refractivity contribution in [2.24, 2.45) is 5.92 Å². The van der Waals surface area contributed by atoms with Crippen molar-refractivity contribution in [2.45, 2.75) is 37.5 Å². The Morgan fingerprint density at radius 1 is 1.33 bits per heavy atom. The molecule has 1 aromatic carbocycles. The second-order valence-corrected chi connectivity index (χ2v) is 7.76. The first-order valence-corrected chi connectivity index (χ1v) is 8.56. The van der Waals surface area contributed by atoms with Gasteiger partial charge in [0.15, 0.2) is 0 Å². The van der Waals surface area contributed by atoms with Crippen LogP contribution >= 0.6 is 0 Å². The van der Waals surface area contributed by atoms with Crippen LogP contribution in [-0.2, 0) is 10.0 Å². The predicted molar refractivity (Wildman–Crippen MR) is 79.9 cm³/mol. The number of rotatable bonds is 5. The molecule has 1 saturated carbocycles. The predicted octanol–water partition coefficient (Wildman–Crippen LogP) is 2.50. The van der Waals surface area contributed by atoms with Crippen LogP contribution in [-0.4, -0.2) is 37.4 Å². The third kappa shape index (κ3) is 3.44. The fourth-order valence-corrected chi connectivity index (χ4v) is 4.10. The van der Waals surface area contributed by atoms with E-state index in [4.69, 9.17) is 5.11 Å². The molecule has 0 amide bonds. The number of carboxylic acids is 1. The van der Waals surface area contributed by atoms with Crippen LogP contribution in [0.4, 0.5) is 0 Å². The molecule has 1 N–H and O–H groups in total. The number of hydrogen-bond donors (Lipinski definition) is 1. The van der Waals surface area contributed by atoms with E-state index in [1.54, 1.807) is 20.0 Å². The van der Waals surface area contributed by atoms with Crippen LogP contribution in [0.2, 0.25) is 0 Å². The topological polar surface area (TPSA) is 74.7 Å². The van der Waals surface area contributed by atoms with Crippen LogP contribution in [0.25, 0.3) is 0 Å². The maximum atomic E-state index is 12.5. The minimum absolute atomic E-state index is 0.0327. The second kappa shape index (κ2) is 6.15. The smallest absolute Gasteiger partial charge is 0.335 e. The number of aromatic carboxylic acids is 1. The maximum Gasteiger partial charge on any atom is 0.335 e. The highest BCUT2D eigenvalue weighted by Crippen LogP contribution is 2.27. The molecule has 1 aliphatic carbocycles. The van der Waals surface area contributed by atoms with Crippen LogP contribution in [0.3, 0.4) is 0 Å². The summed E-state index contributed by atoms with van der Waals surface area (Å²) in [6.07, 6.45) is 4.45. The molecule has 1 aromatic rings. The quantitative estimate of drug-likeness (QED) is 0.906. The Hall–Kier alpha value is -1.40. The number of hydrogen-bond acceptors (Lipinski definition) is 3. The van der Waals surface area contributed by atoms with E-state index in [0.717, 1.165) is 25.7 Å². The Morgan fingerprint density at radius 2 is 1.95 bits per heavy atom. The monoisotopic (exact) mass is 311 g/mol. The molecule has 0 unspecified atom stereocenters. The molecule has 0 bridgehead atoms. The lowest BCUT2D eigenvalue weighted by Crippen LogP contribution is -2.31. The number of aryl methyl sites for hydroxylation is 1. The highest BCUT2D eigenvalue weighted by molar-refractivity contribution is 7.89. The molecule has 0 heterocycles. The van der Waals surface area contributed by atoms with Gasteiger partial charge in [0.05, 0.1) is 10.5 Å². The highest BCUT2D eigenvalue weighted by Gasteiger charge is 2.26. The van der Waals surface area contributed by atoms with E-state index < -0.39 is 16.0 Å². The van der Waals surface area contributed by atoms with Crippen LogP contribution < -0.4 is 0 Å². The molecule has 0 aliphatic heterocycles. The first kappa shape index (κ1) is 16.0. The number of nitrogens with zero attached hydrogens (tertiary/aromatic N) is 1. The highest BCUT2D eigenvalue weighted by atomic mass is 32.2. The third-order valence-electron chi connectivity index (χ3n) is 4.14. The molecule has 0 spiro atoms. The van der Waals surface area contributed by atoms with Gasteiger partial charge in [0.1, 0.15) is 0 Å². The Kier molecular flexibility index (Phi) is 4.68. The Balaban J connectivity index is 2.26. The van der Waals surface area contributed by atoms with Crippen molar-refractivity contribution in [3.8, 4) is 0 Å². The van der Waals surface area contributed by atoms with Gasteiger partial charge in [-0.15, -0.1) is 0 Å². The molecule has 0 radical (unpaired) electrons. The van der Waals surface area contributed by atoms with Crippen LogP contribution in [0.15, 0.2) is 23.1 Å². The molecule has 1 fully saturated rings. The SMILES string of the molecule is Cc1ccc(S(=O)(=O)N(C)CC2CCCC2)cc1C(=O)O. The first-order chi connectivity index (χ1) is 9.82. The van der Waals surface area contributed by atoms with Gasteiger partial charge in [-0.05, 0) is 43.4 Å². The standard InChI is InChI=1S/C15H21NO4S/c1-11-7-8-13(9-14(11)15(17)18)21(19,20)16(2)10-12-5-3-4-6-12/h7-9,12H,3-6,10H2,1-2H3,(H,17,18). The summed E-state index contributed by atoms with van der Waals surface area (Å²) >= 11 is 0. The zero-order valence-electron chi connectivity index (χ0n) is 12.4. The van der Waals surface area contributed by atoms with Crippen molar-refractivity contribution in [1.82, 2.24) is 4.31 Å². The fourth-order valence-electron chi connectivity index (χ4n) is 2.83. The summed E-state index contributed by atoms with van der Waals surface area (Å²) in [5.74, 6) is -0.697. The Morgan fingerprint density at radius 3 is 2.52 bits per heavy atom. The van der Waals surface area contributed by atoms with E-state index in [-0.39, 0.29) is 10.5 Å². The largest absolute Gasteiger partial charge is 0.478 e. The first-order valence-electron chi connectivity index (χ1n) is 7.12. The molecule has 0 saturated heterocycles. The minimum Gasteiger partial charge on any atom is -0.478 e. The van der Waals surface area contributed by atoms with Gasteiger partial charge in [0.2, 0.25) is 10.0 Å². The second-order valence-electron chi connectivity index (χ2n) is 5.72. The zero-order chi connectivity index (χ0) is 15.6. The van der Waals surface area contributed by atoms with Crippen LogP contribution in [0.1, 0.15) is 41.6 Å². The summed E-state index contributed by atoms with van der Waals surface area (Å²) in [7, 11) is -2.07. The van der Waals surface area contributed by atoms with Crippen molar-refractivity contribution in [3.05, 3.63) is 29.3 Å². The lowest BCUT2D eigenvalue weighted by atomic mass is 10.1. The van der Waals surface area contributed by atoms with Gasteiger partial charge in [0.25, 0.3) is 0 Å². The number of carboxylic acid groups (broad SMARTS) is 1. The van der Waals surface area contributed by atoms with Gasteiger partial charge in [0, 0.05) is 13.6 Å². The number of benzene rings is 1. The van der Waals surface area contributed by atoms with Crippen molar-refractivity contribution in [1.29, 1.82) is 0 Å². The van der Waals surface area contributed by atoms with E-state index in [0.29, 0.717) is 18.0 Å². The molecular formula is C15H21NO4S. The Labute approximate surface area is 125 Å². The molecule has 2 rings (SSSR count). The summed E-state index contributed by atoms with van der Waals surface area (Å²) in [5.41, 5.74) is 0.588. The molecule has 0 atom stereocenters. The molecule has 21 heavy (non-hydrogen) atoms. The maximum absolute atomic E-state index is 12.5. The van der Waals surface area contributed by atoms with Crippen LogP contribution in [0.5, 0.6) is 0 Å². The average Bonchev–Trinajstić information content (AvgIpc) is 2.91. The summed E-state index contributed by atoms with van der Waals surface area (Å²) < 4.78 is 26.4. The van der Waals surface area contributed by atoms with Crippen molar-refractivity contribution in [3.63, 3.8) is 0 Å². The molecule has 6 heteroatoms. The summed E-state index contributed by atoms with van der Waals surface area (Å²) in [4.78, 5) is 11.2. The van der Waals surface area contributed by atoms with E-state index in [1.165, 1.54) is 16.4 Å². The molecular weight excluding hydrogens is 290 g/mol. The van der Waals surface area contributed by atoms with Gasteiger partial charge < -0.3 is 5.11 Å². The van der Waals surface area contributed by atoms with Gasteiger partial charge in [-0.3, -0.25) is 0 Å².